The molecule has 0 atom stereocenters. The maximum Gasteiger partial charge on any atom is 0.159 e. The van der Waals surface area contributed by atoms with Crippen molar-refractivity contribution in [3.63, 3.8) is 0 Å². The Hall–Kier alpha value is -4.36. The minimum Gasteiger partial charge on any atom is -0.340 e. The van der Waals surface area contributed by atoms with Gasteiger partial charge in [-0.1, -0.05) is 31.4 Å². The number of pyridine rings is 2. The third-order valence-electron chi connectivity index (χ3n) is 7.23. The van der Waals surface area contributed by atoms with Gasteiger partial charge in [0.2, 0.25) is 0 Å². The number of H-pyrrole nitrogens is 2. The normalized spacial score (nSPS) is 15.6. The van der Waals surface area contributed by atoms with Crippen molar-refractivity contribution in [1.29, 1.82) is 0 Å². The van der Waals surface area contributed by atoms with Crippen LogP contribution < -0.4 is 15.9 Å². The molecule has 1 saturated heterocycles. The molecule has 5 rings (SSSR count). The number of aromatic nitrogens is 6. The zero-order valence-electron chi connectivity index (χ0n) is 22.7. The van der Waals surface area contributed by atoms with Crippen LogP contribution in [-0.2, 0) is 6.42 Å². The van der Waals surface area contributed by atoms with E-state index < -0.39 is 0 Å². The minimum atomic E-state index is 0.688. The van der Waals surface area contributed by atoms with E-state index in [9.17, 15) is 0 Å². The number of piperidine rings is 1. The van der Waals surface area contributed by atoms with Crippen molar-refractivity contribution >= 4 is 23.3 Å². The second-order valence-corrected chi connectivity index (χ2v) is 9.95. The second kappa shape index (κ2) is 12.0. The van der Waals surface area contributed by atoms with E-state index in [0.29, 0.717) is 11.7 Å². The lowest BCUT2D eigenvalue weighted by atomic mass is 9.91. The van der Waals surface area contributed by atoms with Gasteiger partial charge in [0.25, 0.3) is 0 Å². The van der Waals surface area contributed by atoms with Crippen molar-refractivity contribution in [2.45, 2.75) is 33.1 Å². The maximum atomic E-state index is 4.99. The lowest BCUT2D eigenvalue weighted by Crippen LogP contribution is -2.28. The van der Waals surface area contributed by atoms with Gasteiger partial charge < -0.3 is 10.3 Å². The Bertz CT molecular complexity index is 1620. The van der Waals surface area contributed by atoms with E-state index in [0.717, 1.165) is 69.4 Å². The molecule has 0 spiro atoms. The summed E-state index contributed by atoms with van der Waals surface area (Å²) in [6, 6.07) is 6.16. The zero-order valence-corrected chi connectivity index (χ0v) is 22.7. The summed E-state index contributed by atoms with van der Waals surface area (Å²) in [5.41, 5.74) is 7.68. The molecule has 1 aliphatic heterocycles. The van der Waals surface area contributed by atoms with Gasteiger partial charge in [0.15, 0.2) is 5.82 Å². The Morgan fingerprint density at radius 2 is 1.90 bits per heavy atom. The van der Waals surface area contributed by atoms with Crippen molar-refractivity contribution in [1.82, 2.24) is 35.5 Å². The summed E-state index contributed by atoms with van der Waals surface area (Å²) in [6.07, 6.45) is 18.7. The van der Waals surface area contributed by atoms with Crippen LogP contribution in [0.4, 0.5) is 0 Å². The van der Waals surface area contributed by atoms with Gasteiger partial charge in [-0.15, -0.1) is 0 Å². The second-order valence-electron chi connectivity index (χ2n) is 9.95. The van der Waals surface area contributed by atoms with Crippen molar-refractivity contribution in [2.24, 2.45) is 5.92 Å². The molecule has 5 heterocycles. The van der Waals surface area contributed by atoms with Crippen molar-refractivity contribution in [3.05, 3.63) is 107 Å². The van der Waals surface area contributed by atoms with Crippen LogP contribution in [0.15, 0.2) is 68.3 Å². The lowest BCUT2D eigenvalue weighted by Gasteiger charge is -2.22. The van der Waals surface area contributed by atoms with Crippen LogP contribution in [0.5, 0.6) is 0 Å². The van der Waals surface area contributed by atoms with E-state index in [1.54, 1.807) is 18.5 Å². The third kappa shape index (κ3) is 5.89. The van der Waals surface area contributed by atoms with Crippen molar-refractivity contribution < 1.29 is 0 Å². The SMILES string of the molecule is C=C/C=C(/c1ccncc1)c1nc(-c2n[nH]c(=C/C)/c2=C\C(=C)c2cncc(CC3CCNCC3)c2)[nH]c1C. The molecular weight excluding hydrogens is 482 g/mol. The largest absolute Gasteiger partial charge is 0.340 e. The molecule has 198 valence electrons. The van der Waals surface area contributed by atoms with Gasteiger partial charge in [-0.05, 0) is 98.7 Å². The Morgan fingerprint density at radius 3 is 2.64 bits per heavy atom. The van der Waals surface area contributed by atoms with Crippen LogP contribution in [-0.4, -0.2) is 43.2 Å². The van der Waals surface area contributed by atoms with E-state index in [2.05, 4.69) is 55.8 Å². The molecule has 1 fully saturated rings. The fourth-order valence-electron chi connectivity index (χ4n) is 5.16. The first-order chi connectivity index (χ1) is 19.1. The molecule has 39 heavy (non-hydrogen) atoms. The molecule has 0 aromatic carbocycles. The van der Waals surface area contributed by atoms with Gasteiger partial charge in [0.05, 0.1) is 11.0 Å². The molecule has 4 aromatic rings. The molecule has 0 saturated carbocycles. The predicted molar refractivity (Wildman–Crippen MR) is 159 cm³/mol. The topological polar surface area (TPSA) is 95.2 Å². The molecule has 1 aliphatic rings. The first-order valence-electron chi connectivity index (χ1n) is 13.4. The number of aryl methyl sites for hydroxylation is 1. The summed E-state index contributed by atoms with van der Waals surface area (Å²) < 4.78 is 0. The van der Waals surface area contributed by atoms with Crippen LogP contribution in [0.3, 0.4) is 0 Å². The third-order valence-corrected chi connectivity index (χ3v) is 7.23. The number of hydrogen-bond acceptors (Lipinski definition) is 5. The molecule has 4 aromatic heterocycles. The number of nitrogens with zero attached hydrogens (tertiary/aromatic N) is 4. The van der Waals surface area contributed by atoms with Crippen LogP contribution in [0, 0.1) is 12.8 Å². The monoisotopic (exact) mass is 517 g/mol. The van der Waals surface area contributed by atoms with Crippen molar-refractivity contribution in [3.8, 4) is 11.5 Å². The number of hydrogen-bond donors (Lipinski definition) is 3. The summed E-state index contributed by atoms with van der Waals surface area (Å²) in [7, 11) is 0. The van der Waals surface area contributed by atoms with Gasteiger partial charge in [0.1, 0.15) is 5.69 Å². The van der Waals surface area contributed by atoms with Crippen LogP contribution in [0.1, 0.15) is 47.8 Å². The first kappa shape index (κ1) is 26.3. The van der Waals surface area contributed by atoms with Crippen molar-refractivity contribution in [2.75, 3.05) is 13.1 Å². The molecule has 0 aliphatic carbocycles. The number of allylic oxidation sites excluding steroid dienone is 3. The fourth-order valence-corrected chi connectivity index (χ4v) is 5.16. The van der Waals surface area contributed by atoms with Gasteiger partial charge in [-0.25, -0.2) is 4.98 Å². The molecule has 7 heteroatoms. The quantitative estimate of drug-likeness (QED) is 0.302. The standard InChI is InChI=1S/C32H35N7/c1-5-7-27(25-10-14-34-15-11-25)30-22(4)36-32(37-30)31-28(29(6-2)38-39-31)16-21(3)26-18-24(19-35-20-26)17-23-8-12-33-13-9-23/h5-7,10-11,14-16,18-20,23,33,38H,1,3,8-9,12-13,17H2,2,4H3,(H,36,37)/b27-7-,28-16+,29-6+. The molecule has 0 amide bonds. The molecule has 0 unspecified atom stereocenters. The number of imidazole rings is 1. The van der Waals surface area contributed by atoms with Crippen LogP contribution >= 0.6 is 0 Å². The zero-order chi connectivity index (χ0) is 27.2. The Labute approximate surface area is 229 Å². The highest BCUT2D eigenvalue weighted by atomic mass is 15.1. The number of aromatic amines is 2. The Morgan fingerprint density at radius 1 is 1.10 bits per heavy atom. The molecule has 3 N–H and O–H groups in total. The van der Waals surface area contributed by atoms with Gasteiger partial charge in [0, 0.05) is 41.3 Å². The lowest BCUT2D eigenvalue weighted by molar-refractivity contribution is 0.372. The van der Waals surface area contributed by atoms with E-state index in [4.69, 9.17) is 4.98 Å². The van der Waals surface area contributed by atoms with Crippen LogP contribution in [0.2, 0.25) is 0 Å². The highest BCUT2D eigenvalue weighted by molar-refractivity contribution is 5.88. The summed E-state index contributed by atoms with van der Waals surface area (Å²) in [5.74, 6) is 1.39. The molecule has 7 nitrogen and oxygen atoms in total. The van der Waals surface area contributed by atoms with Gasteiger partial charge in [-0.2, -0.15) is 5.10 Å². The first-order valence-corrected chi connectivity index (χ1v) is 13.4. The Kier molecular flexibility index (Phi) is 8.08. The van der Waals surface area contributed by atoms with Gasteiger partial charge >= 0.3 is 0 Å². The predicted octanol–water partition coefficient (Wildman–Crippen LogP) is 4.35. The van der Waals surface area contributed by atoms with Crippen LogP contribution in [0.25, 0.3) is 34.8 Å². The molecule has 0 radical (unpaired) electrons. The number of nitrogens with one attached hydrogen (secondary N) is 3. The average Bonchev–Trinajstić information content (AvgIpc) is 3.55. The van der Waals surface area contributed by atoms with E-state index >= 15 is 0 Å². The molecular formula is C32H35N7. The summed E-state index contributed by atoms with van der Waals surface area (Å²) >= 11 is 0. The highest BCUT2D eigenvalue weighted by Gasteiger charge is 2.17. The fraction of sp³-hybridized carbons (Fsp3) is 0.250. The van der Waals surface area contributed by atoms with E-state index in [1.165, 1.54) is 18.4 Å². The van der Waals surface area contributed by atoms with Gasteiger partial charge in [-0.3, -0.25) is 15.1 Å². The number of rotatable bonds is 8. The Balaban J connectivity index is 1.50. The maximum absolute atomic E-state index is 4.99. The summed E-state index contributed by atoms with van der Waals surface area (Å²) in [6.45, 7) is 14.5. The van der Waals surface area contributed by atoms with E-state index in [1.807, 2.05) is 50.5 Å². The summed E-state index contributed by atoms with van der Waals surface area (Å²) in [5, 5.41) is 13.1. The molecule has 0 bridgehead atoms. The average molecular weight is 518 g/mol. The smallest absolute Gasteiger partial charge is 0.159 e. The summed E-state index contributed by atoms with van der Waals surface area (Å²) in [4.78, 5) is 17.1. The van der Waals surface area contributed by atoms with E-state index in [-0.39, 0.29) is 0 Å². The minimum absolute atomic E-state index is 0.688. The highest BCUT2D eigenvalue weighted by Crippen LogP contribution is 2.26.